The third-order valence-electron chi connectivity index (χ3n) is 5.10. The van der Waals surface area contributed by atoms with E-state index in [1.165, 1.54) is 5.56 Å². The van der Waals surface area contributed by atoms with E-state index in [1.54, 1.807) is 12.1 Å². The van der Waals surface area contributed by atoms with Gasteiger partial charge in [0, 0.05) is 5.69 Å². The fourth-order valence-electron chi connectivity index (χ4n) is 3.22. The molecule has 0 fully saturated rings. The molecule has 0 aliphatic carbocycles. The minimum Gasteiger partial charge on any atom is -0.486 e. The Balaban J connectivity index is 1.46. The summed E-state index contributed by atoms with van der Waals surface area (Å²) in [6.45, 7) is 8.63. The summed E-state index contributed by atoms with van der Waals surface area (Å²) in [7, 11) is 0. The van der Waals surface area contributed by atoms with Crippen LogP contribution in [0.1, 0.15) is 59.2 Å². The third-order valence-corrected chi connectivity index (χ3v) is 5.31. The molecule has 2 aromatic carbocycles. The maximum absolute atomic E-state index is 12.3. The molecule has 7 heteroatoms. The van der Waals surface area contributed by atoms with Crippen molar-refractivity contribution < 1.29 is 13.9 Å². The Kier molecular flexibility index (Phi) is 7.89. The summed E-state index contributed by atoms with van der Waals surface area (Å²) in [6, 6.07) is 17.4. The van der Waals surface area contributed by atoms with Crippen LogP contribution in [0.15, 0.2) is 59.0 Å². The number of hydrogen-bond donors (Lipinski definition) is 3. The van der Waals surface area contributed by atoms with Gasteiger partial charge in [-0.3, -0.25) is 15.6 Å². The second-order valence-corrected chi connectivity index (χ2v) is 8.25. The van der Waals surface area contributed by atoms with Crippen LogP contribution in [0.5, 0.6) is 5.75 Å². The summed E-state index contributed by atoms with van der Waals surface area (Å²) in [6.07, 6.45) is 1.09. The van der Waals surface area contributed by atoms with Crippen molar-refractivity contribution in [2.24, 2.45) is 0 Å². The maximum Gasteiger partial charge on any atom is 0.305 e. The number of anilines is 1. The summed E-state index contributed by atoms with van der Waals surface area (Å²) in [5.74, 6) is 1.56. The predicted molar refractivity (Wildman–Crippen MR) is 131 cm³/mol. The number of furan rings is 1. The fraction of sp³-hybridized carbons (Fsp3) is 0.280. The number of nitrogens with one attached hydrogen (secondary N) is 3. The number of carbonyl (C=O) groups is 1. The van der Waals surface area contributed by atoms with E-state index in [0.29, 0.717) is 11.7 Å². The van der Waals surface area contributed by atoms with Gasteiger partial charge in [0.25, 0.3) is 0 Å². The number of ether oxygens (including phenoxy) is 1. The molecule has 0 radical (unpaired) electrons. The molecule has 0 aliphatic heterocycles. The van der Waals surface area contributed by atoms with Crippen LogP contribution in [0.25, 0.3) is 0 Å². The Morgan fingerprint density at radius 2 is 1.72 bits per heavy atom. The van der Waals surface area contributed by atoms with E-state index in [1.807, 2.05) is 38.1 Å². The van der Waals surface area contributed by atoms with Crippen LogP contribution in [0.4, 0.5) is 5.69 Å². The standard InChI is InChI=1S/C25H29N3O3S/c1-5-18(4)19-6-8-20(9-7-19)26-25(32)28-27-24(29)23-11-10-21(31-23)15-30-22-13-16(2)12-17(3)14-22/h6-14,18H,5,15H2,1-4H3,(H,27,29)(H2,26,28,32)/t18-/m0/s1. The van der Waals surface area contributed by atoms with Gasteiger partial charge < -0.3 is 14.5 Å². The van der Waals surface area contributed by atoms with Crippen LogP contribution in [0.2, 0.25) is 0 Å². The zero-order valence-electron chi connectivity index (χ0n) is 18.8. The topological polar surface area (TPSA) is 75.5 Å². The summed E-state index contributed by atoms with van der Waals surface area (Å²) in [5, 5.41) is 3.32. The zero-order chi connectivity index (χ0) is 23.1. The first-order valence-electron chi connectivity index (χ1n) is 10.6. The SMILES string of the molecule is CC[C@H](C)c1ccc(NC(=S)NNC(=O)c2ccc(COc3cc(C)cc(C)c3)o2)cc1. The number of benzene rings is 2. The molecule has 1 amide bonds. The monoisotopic (exact) mass is 451 g/mol. The molecule has 0 unspecified atom stereocenters. The van der Waals surface area contributed by atoms with Gasteiger partial charge in [-0.05, 0) is 91.5 Å². The number of aryl methyl sites for hydroxylation is 2. The van der Waals surface area contributed by atoms with Gasteiger partial charge in [0.1, 0.15) is 18.1 Å². The molecule has 168 valence electrons. The van der Waals surface area contributed by atoms with Gasteiger partial charge in [0.2, 0.25) is 0 Å². The van der Waals surface area contributed by atoms with Crippen LogP contribution >= 0.6 is 12.2 Å². The largest absolute Gasteiger partial charge is 0.486 e. The van der Waals surface area contributed by atoms with E-state index in [-0.39, 0.29) is 17.5 Å². The lowest BCUT2D eigenvalue weighted by molar-refractivity contribution is 0.0912. The minimum absolute atomic E-state index is 0.164. The van der Waals surface area contributed by atoms with Crippen LogP contribution in [0, 0.1) is 13.8 Å². The fourth-order valence-corrected chi connectivity index (χ4v) is 3.39. The molecule has 0 bridgehead atoms. The first kappa shape index (κ1) is 23.3. The number of hydrogen-bond acceptors (Lipinski definition) is 4. The van der Waals surface area contributed by atoms with Gasteiger partial charge in [-0.25, -0.2) is 0 Å². The molecule has 6 nitrogen and oxygen atoms in total. The molecular weight excluding hydrogens is 422 g/mol. The highest BCUT2D eigenvalue weighted by Gasteiger charge is 2.12. The summed E-state index contributed by atoms with van der Waals surface area (Å²) >= 11 is 5.25. The van der Waals surface area contributed by atoms with Crippen molar-refractivity contribution in [1.29, 1.82) is 0 Å². The number of amides is 1. The lowest BCUT2D eigenvalue weighted by Gasteiger charge is -2.13. The summed E-state index contributed by atoms with van der Waals surface area (Å²) in [4.78, 5) is 12.3. The van der Waals surface area contributed by atoms with Crippen molar-refractivity contribution in [2.45, 2.75) is 46.6 Å². The second kappa shape index (κ2) is 10.8. The van der Waals surface area contributed by atoms with Gasteiger partial charge in [0.15, 0.2) is 10.9 Å². The smallest absolute Gasteiger partial charge is 0.305 e. The molecule has 1 heterocycles. The highest BCUT2D eigenvalue weighted by atomic mass is 32.1. The van der Waals surface area contributed by atoms with Gasteiger partial charge in [-0.15, -0.1) is 0 Å². The van der Waals surface area contributed by atoms with E-state index >= 15 is 0 Å². The molecule has 3 rings (SSSR count). The highest BCUT2D eigenvalue weighted by molar-refractivity contribution is 7.80. The highest BCUT2D eigenvalue weighted by Crippen LogP contribution is 2.21. The van der Waals surface area contributed by atoms with Crippen LogP contribution < -0.4 is 20.9 Å². The molecule has 0 aliphatic rings. The Bertz CT molecular complexity index is 1060. The molecule has 0 saturated carbocycles. The number of rotatable bonds is 7. The third kappa shape index (κ3) is 6.59. The minimum atomic E-state index is -0.432. The van der Waals surface area contributed by atoms with Gasteiger partial charge in [0.05, 0.1) is 0 Å². The van der Waals surface area contributed by atoms with Crippen molar-refractivity contribution >= 4 is 28.9 Å². The molecule has 3 N–H and O–H groups in total. The van der Waals surface area contributed by atoms with Crippen LogP contribution in [0.3, 0.4) is 0 Å². The first-order valence-corrected chi connectivity index (χ1v) is 11.0. The van der Waals surface area contributed by atoms with E-state index in [9.17, 15) is 4.79 Å². The molecule has 32 heavy (non-hydrogen) atoms. The second-order valence-electron chi connectivity index (χ2n) is 7.84. The number of carbonyl (C=O) groups excluding carboxylic acids is 1. The van der Waals surface area contributed by atoms with E-state index in [0.717, 1.165) is 29.0 Å². The normalized spacial score (nSPS) is 11.5. The van der Waals surface area contributed by atoms with E-state index in [2.05, 4.69) is 48.2 Å². The Hall–Kier alpha value is -3.32. The molecule has 3 aromatic rings. The van der Waals surface area contributed by atoms with Crippen molar-refractivity contribution in [3.8, 4) is 5.75 Å². The number of thiocarbonyl (C=S) groups is 1. The lowest BCUT2D eigenvalue weighted by atomic mass is 9.99. The molecular formula is C25H29N3O3S. The predicted octanol–water partition coefficient (Wildman–Crippen LogP) is 5.62. The van der Waals surface area contributed by atoms with Crippen LogP contribution in [-0.4, -0.2) is 11.0 Å². The van der Waals surface area contributed by atoms with E-state index in [4.69, 9.17) is 21.4 Å². The zero-order valence-corrected chi connectivity index (χ0v) is 19.6. The van der Waals surface area contributed by atoms with Crippen molar-refractivity contribution in [1.82, 2.24) is 10.9 Å². The summed E-state index contributed by atoms with van der Waals surface area (Å²) in [5.41, 5.74) is 9.59. The Morgan fingerprint density at radius 1 is 1.03 bits per heavy atom. The number of hydrazine groups is 1. The average Bonchev–Trinajstić information content (AvgIpc) is 3.24. The lowest BCUT2D eigenvalue weighted by Crippen LogP contribution is -2.43. The van der Waals surface area contributed by atoms with Crippen LogP contribution in [-0.2, 0) is 6.61 Å². The van der Waals surface area contributed by atoms with Gasteiger partial charge in [-0.1, -0.05) is 32.0 Å². The van der Waals surface area contributed by atoms with E-state index < -0.39 is 5.91 Å². The van der Waals surface area contributed by atoms with Crippen molar-refractivity contribution in [2.75, 3.05) is 5.32 Å². The average molecular weight is 452 g/mol. The van der Waals surface area contributed by atoms with Crippen molar-refractivity contribution in [3.63, 3.8) is 0 Å². The molecule has 1 atom stereocenters. The molecule has 0 spiro atoms. The van der Waals surface area contributed by atoms with Gasteiger partial charge in [-0.2, -0.15) is 0 Å². The molecule has 0 saturated heterocycles. The Labute approximate surface area is 194 Å². The first-order chi connectivity index (χ1) is 15.3. The Morgan fingerprint density at radius 3 is 2.38 bits per heavy atom. The quantitative estimate of drug-likeness (QED) is 0.320. The summed E-state index contributed by atoms with van der Waals surface area (Å²) < 4.78 is 11.4. The molecule has 1 aromatic heterocycles. The van der Waals surface area contributed by atoms with Gasteiger partial charge >= 0.3 is 5.91 Å². The maximum atomic E-state index is 12.3. The van der Waals surface area contributed by atoms with Crippen molar-refractivity contribution in [3.05, 3.63) is 82.8 Å².